The van der Waals surface area contributed by atoms with Gasteiger partial charge in [0.05, 0.1) is 22.1 Å². The zero-order valence-electron chi connectivity index (χ0n) is 44.9. The van der Waals surface area contributed by atoms with E-state index in [0.717, 1.165) is 50.9 Å². The maximum atomic E-state index is 2.53. The fourth-order valence-corrected chi connectivity index (χ4v) is 14.3. The minimum atomic E-state index is -0.455. The molecule has 80 heavy (non-hydrogen) atoms. The van der Waals surface area contributed by atoms with Gasteiger partial charge in [-0.1, -0.05) is 207 Å². The molecule has 0 saturated heterocycles. The van der Waals surface area contributed by atoms with Crippen LogP contribution in [0.2, 0.25) is 0 Å². The zero-order valence-corrected chi connectivity index (χ0v) is 44.9. The monoisotopic (exact) mass is 1020 g/mol. The highest BCUT2D eigenvalue weighted by molar-refractivity contribution is 6.11. The quantitative estimate of drug-likeness (QED) is 0.150. The molecule has 1 spiro atoms. The van der Waals surface area contributed by atoms with Crippen LogP contribution in [0.4, 0.5) is 34.1 Å². The Bertz CT molecular complexity index is 4570. The highest BCUT2D eigenvalue weighted by atomic mass is 15.2. The van der Waals surface area contributed by atoms with Crippen LogP contribution in [0.25, 0.3) is 72.0 Å². The fourth-order valence-electron chi connectivity index (χ4n) is 14.3. The molecule has 0 aliphatic heterocycles. The number of benzene rings is 12. The second-order valence-electron chi connectivity index (χ2n) is 22.5. The zero-order chi connectivity index (χ0) is 53.3. The van der Waals surface area contributed by atoms with Crippen LogP contribution in [0.15, 0.2) is 279 Å². The lowest BCUT2D eigenvalue weighted by Gasteiger charge is -2.32. The van der Waals surface area contributed by atoms with E-state index in [1.54, 1.807) is 0 Å². The van der Waals surface area contributed by atoms with Gasteiger partial charge in [0.15, 0.2) is 0 Å². The van der Waals surface area contributed by atoms with Crippen LogP contribution in [0.1, 0.15) is 52.8 Å². The first-order chi connectivity index (χ1) is 39.4. The second kappa shape index (κ2) is 17.5. The van der Waals surface area contributed by atoms with Crippen LogP contribution in [0.5, 0.6) is 0 Å². The number of hydrogen-bond donors (Lipinski definition) is 0. The molecule has 16 rings (SSSR count). The van der Waals surface area contributed by atoms with Gasteiger partial charge in [-0.15, -0.1) is 0 Å². The molecule has 3 aliphatic rings. The van der Waals surface area contributed by atoms with E-state index in [9.17, 15) is 0 Å². The largest absolute Gasteiger partial charge is 0.310 e. The summed E-state index contributed by atoms with van der Waals surface area (Å²) in [6.45, 7) is 6.91. The predicted molar refractivity (Wildman–Crippen MR) is 334 cm³/mol. The van der Waals surface area contributed by atoms with E-state index in [1.807, 2.05) is 0 Å². The van der Waals surface area contributed by atoms with Crippen molar-refractivity contribution in [3.63, 3.8) is 0 Å². The second-order valence-corrected chi connectivity index (χ2v) is 22.5. The van der Waals surface area contributed by atoms with Crippen molar-refractivity contribution in [2.75, 3.05) is 9.80 Å². The Morgan fingerprint density at radius 3 is 1.44 bits per heavy atom. The molecule has 0 amide bonds. The van der Waals surface area contributed by atoms with Crippen molar-refractivity contribution in [1.82, 2.24) is 4.57 Å². The summed E-state index contributed by atoms with van der Waals surface area (Å²) in [5.41, 5.74) is 29.1. The molecule has 3 heteroatoms. The predicted octanol–water partition coefficient (Wildman–Crippen LogP) is 20.3. The van der Waals surface area contributed by atoms with Gasteiger partial charge in [0.2, 0.25) is 0 Å². The van der Waals surface area contributed by atoms with Gasteiger partial charge in [-0.2, -0.15) is 0 Å². The number of rotatable bonds is 8. The number of para-hydroxylation sites is 2. The van der Waals surface area contributed by atoms with Gasteiger partial charge in [-0.25, -0.2) is 0 Å². The molecule has 378 valence electrons. The summed E-state index contributed by atoms with van der Waals surface area (Å²) >= 11 is 0. The van der Waals surface area contributed by atoms with Gasteiger partial charge in [0.1, 0.15) is 0 Å². The van der Waals surface area contributed by atoms with Crippen LogP contribution in [0.3, 0.4) is 0 Å². The van der Waals surface area contributed by atoms with Crippen LogP contribution >= 0.6 is 0 Å². The smallest absolute Gasteiger partial charge is 0.0726 e. The third kappa shape index (κ3) is 6.61. The average Bonchev–Trinajstić information content (AvgIpc) is 4.35. The van der Waals surface area contributed by atoms with E-state index in [-0.39, 0.29) is 5.41 Å². The summed E-state index contributed by atoms with van der Waals surface area (Å²) in [5.74, 6) is 0. The molecule has 1 heterocycles. The first-order valence-corrected chi connectivity index (χ1v) is 28.0. The van der Waals surface area contributed by atoms with Crippen molar-refractivity contribution in [2.24, 2.45) is 0 Å². The lowest BCUT2D eigenvalue weighted by atomic mass is 9.70. The van der Waals surface area contributed by atoms with Crippen LogP contribution in [-0.4, -0.2) is 4.57 Å². The van der Waals surface area contributed by atoms with Crippen molar-refractivity contribution in [1.29, 1.82) is 0 Å². The van der Waals surface area contributed by atoms with Gasteiger partial charge in [-0.05, 0) is 170 Å². The minimum Gasteiger partial charge on any atom is -0.310 e. The Hall–Kier alpha value is -9.96. The SMILES string of the molecule is Cc1ccc(N(c2ccc(-c3ccc(N(c4ccc5c(c4)C(C)(C)c4ccccc4-5)c4cccc5c4-c4ccccc4C54c5ccccc5-c5ccccc54)cc3)cc2)c2ccc3c(c2)c2ccccc2n3-c2ccccc2)cc1. The van der Waals surface area contributed by atoms with Crippen molar-refractivity contribution in [3.05, 3.63) is 318 Å². The molecule has 0 N–H and O–H groups in total. The highest BCUT2D eigenvalue weighted by Gasteiger charge is 2.52. The van der Waals surface area contributed by atoms with Gasteiger partial charge in [0.25, 0.3) is 0 Å². The number of aromatic nitrogens is 1. The molecular weight excluding hydrogens is 967 g/mol. The van der Waals surface area contributed by atoms with Gasteiger partial charge in [-0.3, -0.25) is 0 Å². The van der Waals surface area contributed by atoms with Gasteiger partial charge >= 0.3 is 0 Å². The first kappa shape index (κ1) is 46.2. The molecule has 3 aliphatic carbocycles. The lowest BCUT2D eigenvalue weighted by Crippen LogP contribution is -2.26. The molecule has 0 saturated carbocycles. The summed E-state index contributed by atoms with van der Waals surface area (Å²) in [5, 5.41) is 2.45. The van der Waals surface area contributed by atoms with Crippen molar-refractivity contribution in [3.8, 4) is 50.2 Å². The Morgan fingerprint density at radius 2 is 0.775 bits per heavy atom. The number of fused-ring (bicyclic) bond motifs is 16. The molecule has 3 nitrogen and oxygen atoms in total. The molecule has 0 bridgehead atoms. The van der Waals surface area contributed by atoms with E-state index < -0.39 is 5.41 Å². The molecule has 0 fully saturated rings. The van der Waals surface area contributed by atoms with Crippen LogP contribution < -0.4 is 9.80 Å². The third-order valence-corrected chi connectivity index (χ3v) is 17.9. The summed E-state index contributed by atoms with van der Waals surface area (Å²) in [7, 11) is 0. The fraction of sp³-hybridized carbons (Fsp3) is 0.0649. The van der Waals surface area contributed by atoms with Crippen molar-refractivity contribution in [2.45, 2.75) is 31.6 Å². The van der Waals surface area contributed by atoms with Gasteiger partial charge < -0.3 is 14.4 Å². The first-order valence-electron chi connectivity index (χ1n) is 28.0. The minimum absolute atomic E-state index is 0.166. The van der Waals surface area contributed by atoms with Crippen molar-refractivity contribution >= 4 is 55.9 Å². The van der Waals surface area contributed by atoms with Crippen LogP contribution in [-0.2, 0) is 10.8 Å². The summed E-state index contributed by atoms with van der Waals surface area (Å²) in [6, 6.07) is 104. The molecule has 1 aromatic heterocycles. The molecular formula is C77H55N3. The third-order valence-electron chi connectivity index (χ3n) is 17.9. The van der Waals surface area contributed by atoms with E-state index >= 15 is 0 Å². The van der Waals surface area contributed by atoms with E-state index in [1.165, 1.54) is 94.1 Å². The Labute approximate surface area is 467 Å². The Kier molecular flexibility index (Phi) is 10.1. The molecule has 0 radical (unpaired) electrons. The number of hydrogen-bond acceptors (Lipinski definition) is 2. The molecule has 12 aromatic carbocycles. The van der Waals surface area contributed by atoms with E-state index in [4.69, 9.17) is 0 Å². The Morgan fingerprint density at radius 1 is 0.312 bits per heavy atom. The number of anilines is 6. The molecule has 13 aromatic rings. The summed E-state index contributed by atoms with van der Waals surface area (Å²) in [6.07, 6.45) is 0. The lowest BCUT2D eigenvalue weighted by molar-refractivity contribution is 0.660. The maximum absolute atomic E-state index is 2.53. The van der Waals surface area contributed by atoms with E-state index in [0.29, 0.717) is 0 Å². The standard InChI is InChI=1S/C77H55N3/c1-50-32-38-54(39-33-50)78(57-45-47-73-65(48-57)63-23-11-16-30-72(63)80(73)53-18-5-4-6-19-53)55-40-34-51(35-41-55)52-36-42-56(43-37-52)79(58-44-46-62-59-20-7-12-25-66(59)76(2,3)71(62)49-58)74-31-17-29-70-75(74)64-24-10-15-28-69(64)77(70)67-26-13-8-21-60(67)61-22-9-14-27-68(61)77/h4-49H,1-3H3. The summed E-state index contributed by atoms with van der Waals surface area (Å²) < 4.78 is 2.38. The van der Waals surface area contributed by atoms with Crippen LogP contribution in [0, 0.1) is 6.92 Å². The summed E-state index contributed by atoms with van der Waals surface area (Å²) in [4.78, 5) is 4.92. The number of nitrogens with zero attached hydrogens (tertiary/aromatic N) is 3. The average molecular weight is 1020 g/mol. The normalized spacial score (nSPS) is 13.6. The Balaban J connectivity index is 0.822. The molecule has 0 unspecified atom stereocenters. The van der Waals surface area contributed by atoms with E-state index in [2.05, 4.69) is 314 Å². The van der Waals surface area contributed by atoms with Crippen molar-refractivity contribution < 1.29 is 0 Å². The van der Waals surface area contributed by atoms with Gasteiger partial charge in [0, 0.05) is 55.9 Å². The highest BCUT2D eigenvalue weighted by Crippen LogP contribution is 2.65. The topological polar surface area (TPSA) is 11.4 Å². The maximum Gasteiger partial charge on any atom is 0.0726 e. The number of aryl methyl sites for hydroxylation is 1. The molecule has 0 atom stereocenters.